The van der Waals surface area contributed by atoms with E-state index in [2.05, 4.69) is 15.7 Å². The Kier molecular flexibility index (Phi) is 4.70. The summed E-state index contributed by atoms with van der Waals surface area (Å²) in [6.07, 6.45) is 1.70. The first-order valence-corrected chi connectivity index (χ1v) is 5.67. The van der Waals surface area contributed by atoms with E-state index < -0.39 is 17.9 Å². The van der Waals surface area contributed by atoms with Gasteiger partial charge in [-0.2, -0.15) is 5.10 Å². The number of carbonyl (C=O) groups excluding carboxylic acids is 1. The quantitative estimate of drug-likeness (QED) is 0.727. The largest absolute Gasteiger partial charge is 0.481 e. The molecule has 0 saturated heterocycles. The molecule has 0 fully saturated rings. The molecule has 1 unspecified atom stereocenters. The summed E-state index contributed by atoms with van der Waals surface area (Å²) in [5, 5.41) is 18.0. The van der Waals surface area contributed by atoms with Crippen LogP contribution in [0.15, 0.2) is 12.3 Å². The van der Waals surface area contributed by atoms with Gasteiger partial charge in [0, 0.05) is 25.9 Å². The Bertz CT molecular complexity index is 428. The Morgan fingerprint density at radius 1 is 1.50 bits per heavy atom. The highest BCUT2D eigenvalue weighted by Gasteiger charge is 2.21. The summed E-state index contributed by atoms with van der Waals surface area (Å²) in [6, 6.07) is 1.19. The number of anilines is 1. The second-order valence-corrected chi connectivity index (χ2v) is 4.40. The predicted molar refractivity (Wildman–Crippen MR) is 66.2 cm³/mol. The maximum atomic E-state index is 11.5. The van der Waals surface area contributed by atoms with Gasteiger partial charge in [0.05, 0.1) is 5.92 Å². The van der Waals surface area contributed by atoms with Crippen LogP contribution in [-0.2, 0) is 11.8 Å². The van der Waals surface area contributed by atoms with Gasteiger partial charge >= 0.3 is 12.0 Å². The Labute approximate surface area is 105 Å². The lowest BCUT2D eigenvalue weighted by molar-refractivity contribution is -0.142. The molecule has 1 aromatic rings. The summed E-state index contributed by atoms with van der Waals surface area (Å²) in [7, 11) is 1.74. The topological polar surface area (TPSA) is 96.3 Å². The highest BCUT2D eigenvalue weighted by Crippen LogP contribution is 2.09. The van der Waals surface area contributed by atoms with Gasteiger partial charge in [0.15, 0.2) is 5.82 Å². The molecule has 1 rings (SSSR count). The zero-order valence-corrected chi connectivity index (χ0v) is 10.7. The van der Waals surface area contributed by atoms with E-state index in [1.54, 1.807) is 37.8 Å². The molecule has 7 heteroatoms. The van der Waals surface area contributed by atoms with Gasteiger partial charge in [-0.15, -0.1) is 0 Å². The molecule has 1 heterocycles. The summed E-state index contributed by atoms with van der Waals surface area (Å²) in [5.74, 6) is -1.13. The van der Waals surface area contributed by atoms with Gasteiger partial charge in [0.2, 0.25) is 0 Å². The van der Waals surface area contributed by atoms with Crippen molar-refractivity contribution < 1.29 is 14.7 Å². The normalized spacial score (nSPS) is 12.2. The van der Waals surface area contributed by atoms with E-state index >= 15 is 0 Å². The number of rotatable bonds is 5. The number of carboxylic acids is 1. The third-order valence-corrected chi connectivity index (χ3v) is 2.56. The minimum Gasteiger partial charge on any atom is -0.481 e. The first-order chi connectivity index (χ1) is 8.40. The van der Waals surface area contributed by atoms with Gasteiger partial charge in [-0.05, 0) is 5.92 Å². The molecule has 0 spiro atoms. The molecular weight excluding hydrogens is 236 g/mol. The van der Waals surface area contributed by atoms with Crippen LogP contribution < -0.4 is 10.6 Å². The maximum absolute atomic E-state index is 11.5. The molecule has 1 atom stereocenters. The number of nitrogens with one attached hydrogen (secondary N) is 2. The van der Waals surface area contributed by atoms with Crippen LogP contribution in [0.25, 0.3) is 0 Å². The first kappa shape index (κ1) is 14.0. The van der Waals surface area contributed by atoms with E-state index in [-0.39, 0.29) is 12.5 Å². The fraction of sp³-hybridized carbons (Fsp3) is 0.545. The van der Waals surface area contributed by atoms with Crippen molar-refractivity contribution in [3.05, 3.63) is 12.3 Å². The molecule has 0 aromatic carbocycles. The minimum atomic E-state index is -0.914. The molecule has 0 bridgehead atoms. The van der Waals surface area contributed by atoms with Gasteiger partial charge in [0.1, 0.15) is 0 Å². The zero-order chi connectivity index (χ0) is 13.7. The fourth-order valence-corrected chi connectivity index (χ4v) is 1.45. The van der Waals surface area contributed by atoms with Crippen LogP contribution in [0.2, 0.25) is 0 Å². The van der Waals surface area contributed by atoms with Crippen LogP contribution in [0.3, 0.4) is 0 Å². The van der Waals surface area contributed by atoms with Gasteiger partial charge in [-0.25, -0.2) is 4.79 Å². The second kappa shape index (κ2) is 6.04. The molecule has 3 N–H and O–H groups in total. The van der Waals surface area contributed by atoms with E-state index in [0.29, 0.717) is 5.82 Å². The van der Waals surface area contributed by atoms with Crippen LogP contribution in [-0.4, -0.2) is 33.4 Å². The summed E-state index contributed by atoms with van der Waals surface area (Å²) in [4.78, 5) is 22.4. The predicted octanol–water partition coefficient (Wildman–Crippen LogP) is 0.898. The van der Waals surface area contributed by atoms with Crippen LogP contribution >= 0.6 is 0 Å². The summed E-state index contributed by atoms with van der Waals surface area (Å²) in [5.41, 5.74) is 0. The third-order valence-electron chi connectivity index (χ3n) is 2.56. The van der Waals surface area contributed by atoms with Crippen LogP contribution in [0.1, 0.15) is 13.8 Å². The number of hydrogen-bond acceptors (Lipinski definition) is 3. The van der Waals surface area contributed by atoms with E-state index in [1.165, 1.54) is 0 Å². The van der Waals surface area contributed by atoms with Gasteiger partial charge in [-0.1, -0.05) is 13.8 Å². The number of aryl methyl sites for hydroxylation is 1. The second-order valence-electron chi connectivity index (χ2n) is 4.40. The van der Waals surface area contributed by atoms with E-state index in [0.717, 1.165) is 0 Å². The molecule has 1 aromatic heterocycles. The Hall–Kier alpha value is -2.05. The molecule has 0 aliphatic rings. The van der Waals surface area contributed by atoms with Gasteiger partial charge < -0.3 is 10.4 Å². The number of nitrogens with zero attached hydrogens (tertiary/aromatic N) is 2. The smallest absolute Gasteiger partial charge is 0.320 e. The molecular formula is C11H18N4O3. The van der Waals surface area contributed by atoms with Crippen molar-refractivity contribution in [1.29, 1.82) is 0 Å². The van der Waals surface area contributed by atoms with Crippen LogP contribution in [0.5, 0.6) is 0 Å². The van der Waals surface area contributed by atoms with Crippen molar-refractivity contribution in [1.82, 2.24) is 15.1 Å². The number of aromatic nitrogens is 2. The summed E-state index contributed by atoms with van der Waals surface area (Å²) >= 11 is 0. The van der Waals surface area contributed by atoms with Crippen molar-refractivity contribution in [2.75, 3.05) is 11.9 Å². The van der Waals surface area contributed by atoms with Crippen molar-refractivity contribution >= 4 is 17.8 Å². The van der Waals surface area contributed by atoms with Crippen LogP contribution in [0.4, 0.5) is 10.6 Å². The Balaban J connectivity index is 2.43. The van der Waals surface area contributed by atoms with E-state index in [9.17, 15) is 9.59 Å². The van der Waals surface area contributed by atoms with Gasteiger partial charge in [0.25, 0.3) is 0 Å². The van der Waals surface area contributed by atoms with Crippen molar-refractivity contribution in [3.63, 3.8) is 0 Å². The standard InChI is InChI=1S/C11H18N4O3/c1-7(2)8(10(16)17)6-12-11(18)13-9-4-5-15(3)14-9/h4-5,7-8H,6H2,1-3H3,(H,16,17)(H2,12,13,14,18). The van der Waals surface area contributed by atoms with Crippen molar-refractivity contribution in [2.24, 2.45) is 18.9 Å². The van der Waals surface area contributed by atoms with Crippen molar-refractivity contribution in [3.8, 4) is 0 Å². The highest BCUT2D eigenvalue weighted by atomic mass is 16.4. The van der Waals surface area contributed by atoms with Crippen LogP contribution in [0, 0.1) is 11.8 Å². The molecule has 18 heavy (non-hydrogen) atoms. The SMILES string of the molecule is CC(C)C(CNC(=O)Nc1ccn(C)n1)C(=O)O. The molecule has 0 aliphatic carbocycles. The number of aliphatic carboxylic acids is 1. The van der Waals surface area contributed by atoms with Gasteiger partial charge in [-0.3, -0.25) is 14.8 Å². The maximum Gasteiger partial charge on any atom is 0.320 e. The number of carbonyl (C=O) groups is 2. The molecule has 0 radical (unpaired) electrons. The number of urea groups is 1. The molecule has 2 amide bonds. The number of hydrogen-bond donors (Lipinski definition) is 3. The lowest BCUT2D eigenvalue weighted by Crippen LogP contribution is -2.37. The average molecular weight is 254 g/mol. The zero-order valence-electron chi connectivity index (χ0n) is 10.7. The summed E-state index contributed by atoms with van der Waals surface area (Å²) in [6.45, 7) is 3.69. The molecule has 0 saturated carbocycles. The van der Waals surface area contributed by atoms with E-state index in [4.69, 9.17) is 5.11 Å². The number of amides is 2. The average Bonchev–Trinajstić information content (AvgIpc) is 2.62. The van der Waals surface area contributed by atoms with Crippen molar-refractivity contribution in [2.45, 2.75) is 13.8 Å². The third kappa shape index (κ3) is 4.08. The Morgan fingerprint density at radius 3 is 2.61 bits per heavy atom. The first-order valence-electron chi connectivity index (χ1n) is 5.67. The highest BCUT2D eigenvalue weighted by molar-refractivity contribution is 5.88. The lowest BCUT2D eigenvalue weighted by atomic mass is 9.96. The summed E-state index contributed by atoms with van der Waals surface area (Å²) < 4.78 is 1.56. The minimum absolute atomic E-state index is 0.0438. The molecule has 100 valence electrons. The molecule has 0 aliphatic heterocycles. The fourth-order valence-electron chi connectivity index (χ4n) is 1.45. The van der Waals surface area contributed by atoms with E-state index in [1.807, 2.05) is 0 Å². The lowest BCUT2D eigenvalue weighted by Gasteiger charge is -2.16. The monoisotopic (exact) mass is 254 g/mol. The Morgan fingerprint density at radius 2 is 2.17 bits per heavy atom. The number of carboxylic acid groups (broad SMARTS) is 1. The molecule has 7 nitrogen and oxygen atoms in total.